The van der Waals surface area contributed by atoms with Crippen LogP contribution >= 0.6 is 0 Å². The second-order valence-corrected chi connectivity index (χ2v) is 7.64. The number of rotatable bonds is 3. The first-order valence-electron chi connectivity index (χ1n) is 9.88. The molecular formula is C22H25N3O4. The van der Waals surface area contributed by atoms with Crippen LogP contribution in [0.25, 0.3) is 0 Å². The molecule has 1 aromatic carbocycles. The van der Waals surface area contributed by atoms with Crippen LogP contribution in [0.5, 0.6) is 0 Å². The van der Waals surface area contributed by atoms with Crippen LogP contribution in [-0.4, -0.2) is 53.8 Å². The van der Waals surface area contributed by atoms with Gasteiger partial charge in [-0.25, -0.2) is 4.98 Å². The van der Waals surface area contributed by atoms with E-state index in [2.05, 4.69) is 10.3 Å². The Morgan fingerprint density at radius 2 is 1.62 bits per heavy atom. The lowest BCUT2D eigenvalue weighted by Crippen LogP contribution is -2.47. The number of pyridine rings is 1. The van der Waals surface area contributed by atoms with E-state index >= 15 is 0 Å². The molecule has 152 valence electrons. The summed E-state index contributed by atoms with van der Waals surface area (Å²) in [5.74, 6) is -1.05. The summed E-state index contributed by atoms with van der Waals surface area (Å²) in [6.07, 6.45) is 1.29. The standard InChI is InChI=1S/C22H25N3O4/c1-15-12-16(2)14-17(13-15)23-20(26)18-4-3-5-19(24-18)21(27)25-8-6-22(7-9-25)28-10-11-29-22/h3-5,12-14H,6-11H2,1-2H3,(H,23,26). The molecule has 2 amide bonds. The number of amides is 2. The molecule has 0 unspecified atom stereocenters. The average molecular weight is 395 g/mol. The van der Waals surface area contributed by atoms with Crippen LogP contribution in [0, 0.1) is 13.8 Å². The Hall–Kier alpha value is -2.77. The van der Waals surface area contributed by atoms with E-state index in [0.717, 1.165) is 11.1 Å². The monoisotopic (exact) mass is 395 g/mol. The largest absolute Gasteiger partial charge is 0.347 e. The van der Waals surface area contributed by atoms with E-state index in [4.69, 9.17) is 9.47 Å². The van der Waals surface area contributed by atoms with Gasteiger partial charge >= 0.3 is 0 Å². The molecule has 2 aliphatic heterocycles. The summed E-state index contributed by atoms with van der Waals surface area (Å²) in [5.41, 5.74) is 3.32. The van der Waals surface area contributed by atoms with Gasteiger partial charge in [-0.15, -0.1) is 0 Å². The summed E-state index contributed by atoms with van der Waals surface area (Å²) in [5, 5.41) is 2.86. The number of hydrogen-bond acceptors (Lipinski definition) is 5. The Balaban J connectivity index is 1.44. The topological polar surface area (TPSA) is 80.8 Å². The van der Waals surface area contributed by atoms with Crippen molar-refractivity contribution >= 4 is 17.5 Å². The zero-order chi connectivity index (χ0) is 20.4. The van der Waals surface area contributed by atoms with Crippen molar-refractivity contribution in [2.75, 3.05) is 31.6 Å². The van der Waals surface area contributed by atoms with E-state index in [9.17, 15) is 9.59 Å². The van der Waals surface area contributed by atoms with Crippen molar-refractivity contribution in [3.63, 3.8) is 0 Å². The number of likely N-dealkylation sites (tertiary alicyclic amines) is 1. The van der Waals surface area contributed by atoms with Crippen LogP contribution in [0.3, 0.4) is 0 Å². The summed E-state index contributed by atoms with van der Waals surface area (Å²) in [6.45, 7) is 6.24. The Labute approximate surface area is 170 Å². The Kier molecular flexibility index (Phi) is 5.34. The zero-order valence-corrected chi connectivity index (χ0v) is 16.7. The average Bonchev–Trinajstić information content (AvgIpc) is 3.15. The lowest BCUT2D eigenvalue weighted by Gasteiger charge is -2.37. The molecule has 2 aliphatic rings. The zero-order valence-electron chi connectivity index (χ0n) is 16.7. The predicted octanol–water partition coefficient (Wildman–Crippen LogP) is 2.93. The quantitative estimate of drug-likeness (QED) is 0.864. The van der Waals surface area contributed by atoms with Gasteiger partial charge in [-0.2, -0.15) is 0 Å². The molecule has 7 heteroatoms. The molecule has 3 heterocycles. The van der Waals surface area contributed by atoms with Gasteiger partial charge in [0.2, 0.25) is 0 Å². The molecule has 2 aromatic rings. The Morgan fingerprint density at radius 3 is 2.28 bits per heavy atom. The minimum atomic E-state index is -0.530. The fourth-order valence-corrected chi connectivity index (χ4v) is 3.92. The number of nitrogens with one attached hydrogen (secondary N) is 1. The number of nitrogens with zero attached hydrogens (tertiary/aromatic N) is 2. The van der Waals surface area contributed by atoms with Gasteiger partial charge in [0.15, 0.2) is 5.79 Å². The molecule has 2 saturated heterocycles. The highest BCUT2D eigenvalue weighted by atomic mass is 16.7. The van der Waals surface area contributed by atoms with Gasteiger partial charge in [0, 0.05) is 31.6 Å². The number of aromatic nitrogens is 1. The molecule has 0 saturated carbocycles. The van der Waals surface area contributed by atoms with Gasteiger partial charge in [0.1, 0.15) is 11.4 Å². The smallest absolute Gasteiger partial charge is 0.274 e. The SMILES string of the molecule is Cc1cc(C)cc(NC(=O)c2cccc(C(=O)N3CCC4(CC3)OCCO4)n2)c1. The first-order valence-corrected chi connectivity index (χ1v) is 9.88. The minimum Gasteiger partial charge on any atom is -0.347 e. The van der Waals surface area contributed by atoms with Crippen molar-refractivity contribution in [1.82, 2.24) is 9.88 Å². The van der Waals surface area contributed by atoms with Gasteiger partial charge in [-0.3, -0.25) is 9.59 Å². The molecule has 0 radical (unpaired) electrons. The van der Waals surface area contributed by atoms with Crippen molar-refractivity contribution in [2.24, 2.45) is 0 Å². The third-order valence-corrected chi connectivity index (χ3v) is 5.31. The van der Waals surface area contributed by atoms with E-state index in [1.54, 1.807) is 23.1 Å². The summed E-state index contributed by atoms with van der Waals surface area (Å²) in [4.78, 5) is 31.6. The van der Waals surface area contributed by atoms with E-state index < -0.39 is 5.79 Å². The van der Waals surface area contributed by atoms with Crippen molar-refractivity contribution < 1.29 is 19.1 Å². The molecule has 4 rings (SSSR count). The van der Waals surface area contributed by atoms with Crippen LogP contribution < -0.4 is 5.32 Å². The number of carbonyl (C=O) groups excluding carboxylic acids is 2. The van der Waals surface area contributed by atoms with E-state index in [-0.39, 0.29) is 23.2 Å². The van der Waals surface area contributed by atoms with Crippen molar-refractivity contribution in [1.29, 1.82) is 0 Å². The molecular weight excluding hydrogens is 370 g/mol. The number of benzene rings is 1. The second-order valence-electron chi connectivity index (χ2n) is 7.64. The van der Waals surface area contributed by atoms with Gasteiger partial charge in [0.25, 0.3) is 11.8 Å². The second kappa shape index (κ2) is 7.93. The normalized spacial score (nSPS) is 18.1. The third kappa shape index (κ3) is 4.31. The van der Waals surface area contributed by atoms with E-state index in [1.807, 2.05) is 32.0 Å². The highest BCUT2D eigenvalue weighted by Gasteiger charge is 2.41. The first kappa shape index (κ1) is 19.5. The highest BCUT2D eigenvalue weighted by Crippen LogP contribution is 2.31. The maximum absolute atomic E-state index is 12.9. The van der Waals surface area contributed by atoms with Gasteiger partial charge in [0.05, 0.1) is 13.2 Å². The molecule has 1 spiro atoms. The van der Waals surface area contributed by atoms with E-state index in [1.165, 1.54) is 0 Å². The lowest BCUT2D eigenvalue weighted by atomic mass is 10.0. The number of carbonyl (C=O) groups is 2. The summed E-state index contributed by atoms with van der Waals surface area (Å²) >= 11 is 0. The fourth-order valence-electron chi connectivity index (χ4n) is 3.92. The first-order chi connectivity index (χ1) is 13.9. The number of aryl methyl sites for hydroxylation is 2. The van der Waals surface area contributed by atoms with Crippen LogP contribution in [0.2, 0.25) is 0 Å². The van der Waals surface area contributed by atoms with Gasteiger partial charge in [-0.05, 0) is 49.2 Å². The van der Waals surface area contributed by atoms with Crippen molar-refractivity contribution in [2.45, 2.75) is 32.5 Å². The minimum absolute atomic E-state index is 0.182. The molecule has 0 bridgehead atoms. The molecule has 0 atom stereocenters. The molecule has 2 fully saturated rings. The van der Waals surface area contributed by atoms with Crippen LogP contribution in [0.1, 0.15) is 44.9 Å². The van der Waals surface area contributed by atoms with Gasteiger partial charge < -0.3 is 19.7 Å². The van der Waals surface area contributed by atoms with Crippen molar-refractivity contribution in [3.8, 4) is 0 Å². The predicted molar refractivity (Wildman–Crippen MR) is 108 cm³/mol. The maximum atomic E-state index is 12.9. The van der Waals surface area contributed by atoms with Crippen molar-refractivity contribution in [3.05, 3.63) is 58.9 Å². The lowest BCUT2D eigenvalue weighted by molar-refractivity contribution is -0.181. The Morgan fingerprint density at radius 1 is 1.00 bits per heavy atom. The molecule has 1 N–H and O–H groups in total. The third-order valence-electron chi connectivity index (χ3n) is 5.31. The van der Waals surface area contributed by atoms with Crippen LogP contribution in [-0.2, 0) is 9.47 Å². The summed E-state index contributed by atoms with van der Waals surface area (Å²) < 4.78 is 11.4. The number of hydrogen-bond donors (Lipinski definition) is 1. The highest BCUT2D eigenvalue weighted by molar-refractivity contribution is 6.04. The number of ether oxygens (including phenoxy) is 2. The van der Waals surface area contributed by atoms with Crippen LogP contribution in [0.4, 0.5) is 5.69 Å². The maximum Gasteiger partial charge on any atom is 0.274 e. The molecule has 0 aliphatic carbocycles. The fraction of sp³-hybridized carbons (Fsp3) is 0.409. The number of anilines is 1. The Bertz CT molecular complexity index is 907. The summed E-state index contributed by atoms with van der Waals surface area (Å²) in [6, 6.07) is 10.8. The molecule has 7 nitrogen and oxygen atoms in total. The van der Waals surface area contributed by atoms with Crippen LogP contribution in [0.15, 0.2) is 36.4 Å². The summed E-state index contributed by atoms with van der Waals surface area (Å²) in [7, 11) is 0. The molecule has 29 heavy (non-hydrogen) atoms. The van der Waals surface area contributed by atoms with E-state index in [0.29, 0.717) is 44.8 Å². The van der Waals surface area contributed by atoms with Gasteiger partial charge in [-0.1, -0.05) is 12.1 Å². The number of piperidine rings is 1. The molecule has 1 aromatic heterocycles.